The standard InChI is InChI=1S/C18H14ClN3O4/c19-10-1-2-16(26-8-18(24)25)13(4-10)11-5-17(23)21-15-6-14-9(3-12(11)15)7-20-22-14/h1-4,6-7,11H,5,8H2,(H,20,22)(H,21,23)(H,24,25)/t11-/m0/s1. The molecule has 132 valence electrons. The van der Waals surface area contributed by atoms with Crippen LogP contribution in [-0.4, -0.2) is 33.8 Å². The van der Waals surface area contributed by atoms with Crippen LogP contribution < -0.4 is 10.1 Å². The summed E-state index contributed by atoms with van der Waals surface area (Å²) in [5.74, 6) is -1.12. The molecule has 2 heterocycles. The number of carboxylic acids is 1. The van der Waals surface area contributed by atoms with Crippen molar-refractivity contribution in [3.63, 3.8) is 0 Å². The Hall–Kier alpha value is -3.06. The molecule has 7 nitrogen and oxygen atoms in total. The number of carboxylic acid groups (broad SMARTS) is 1. The number of fused-ring (bicyclic) bond motifs is 2. The molecule has 0 saturated heterocycles. The lowest BCUT2D eigenvalue weighted by atomic mass is 9.84. The van der Waals surface area contributed by atoms with Gasteiger partial charge in [-0.25, -0.2) is 4.79 Å². The molecule has 1 amide bonds. The highest BCUT2D eigenvalue weighted by atomic mass is 35.5. The molecule has 0 spiro atoms. The van der Waals surface area contributed by atoms with Crippen molar-refractivity contribution in [3.8, 4) is 5.75 Å². The van der Waals surface area contributed by atoms with Crippen LogP contribution in [-0.2, 0) is 9.59 Å². The molecule has 1 aliphatic heterocycles. The van der Waals surface area contributed by atoms with Gasteiger partial charge in [0, 0.05) is 34.0 Å². The van der Waals surface area contributed by atoms with Gasteiger partial charge in [0.1, 0.15) is 5.75 Å². The molecule has 3 aromatic rings. The first-order chi connectivity index (χ1) is 12.5. The Kier molecular flexibility index (Phi) is 4.00. The van der Waals surface area contributed by atoms with Crippen molar-refractivity contribution in [1.29, 1.82) is 0 Å². The molecule has 1 aliphatic rings. The quantitative estimate of drug-likeness (QED) is 0.653. The average Bonchev–Trinajstić information content (AvgIpc) is 3.05. The zero-order chi connectivity index (χ0) is 18.3. The molecule has 4 rings (SSSR count). The number of amides is 1. The highest BCUT2D eigenvalue weighted by molar-refractivity contribution is 6.30. The second-order valence-corrected chi connectivity index (χ2v) is 6.50. The largest absolute Gasteiger partial charge is 0.482 e. The van der Waals surface area contributed by atoms with Gasteiger partial charge >= 0.3 is 5.97 Å². The summed E-state index contributed by atoms with van der Waals surface area (Å²) in [6.45, 7) is -0.471. The number of hydrogen-bond acceptors (Lipinski definition) is 4. The molecule has 8 heteroatoms. The fraction of sp³-hybridized carbons (Fsp3) is 0.167. The van der Waals surface area contributed by atoms with Gasteiger partial charge in [0.05, 0.1) is 11.7 Å². The van der Waals surface area contributed by atoms with E-state index in [4.69, 9.17) is 21.4 Å². The molecule has 0 unspecified atom stereocenters. The lowest BCUT2D eigenvalue weighted by molar-refractivity contribution is -0.139. The van der Waals surface area contributed by atoms with E-state index in [9.17, 15) is 9.59 Å². The van der Waals surface area contributed by atoms with E-state index in [-0.39, 0.29) is 18.2 Å². The van der Waals surface area contributed by atoms with Gasteiger partial charge < -0.3 is 15.2 Å². The monoisotopic (exact) mass is 371 g/mol. The summed E-state index contributed by atoms with van der Waals surface area (Å²) in [6, 6.07) is 8.77. The third-order valence-corrected chi connectivity index (χ3v) is 4.58. The number of H-pyrrole nitrogens is 1. The molecule has 0 saturated carbocycles. The van der Waals surface area contributed by atoms with Crippen LogP contribution in [0.1, 0.15) is 23.5 Å². The van der Waals surface area contributed by atoms with E-state index < -0.39 is 12.6 Å². The molecular formula is C18H14ClN3O4. The number of ether oxygens (including phenoxy) is 1. The van der Waals surface area contributed by atoms with E-state index in [1.54, 1.807) is 24.4 Å². The SMILES string of the molecule is O=C(O)COc1ccc(Cl)cc1[C@H]1CC(=O)Nc2cc3[nH]ncc3cc21. The number of aromatic amines is 1. The summed E-state index contributed by atoms with van der Waals surface area (Å²) >= 11 is 6.15. The fourth-order valence-electron chi connectivity index (χ4n) is 3.24. The lowest BCUT2D eigenvalue weighted by Crippen LogP contribution is -2.24. The summed E-state index contributed by atoms with van der Waals surface area (Å²) in [4.78, 5) is 23.1. The third kappa shape index (κ3) is 2.97. The minimum atomic E-state index is -1.08. The summed E-state index contributed by atoms with van der Waals surface area (Å²) in [7, 11) is 0. The van der Waals surface area contributed by atoms with Crippen LogP contribution in [0.5, 0.6) is 5.75 Å². The Morgan fingerprint density at radius 1 is 1.31 bits per heavy atom. The molecular weight excluding hydrogens is 358 g/mol. The summed E-state index contributed by atoms with van der Waals surface area (Å²) in [6.07, 6.45) is 1.92. The van der Waals surface area contributed by atoms with Crippen molar-refractivity contribution in [2.75, 3.05) is 11.9 Å². The Bertz CT molecular complexity index is 1030. The predicted molar refractivity (Wildman–Crippen MR) is 95.8 cm³/mol. The minimum Gasteiger partial charge on any atom is -0.482 e. The summed E-state index contributed by atoms with van der Waals surface area (Å²) < 4.78 is 5.42. The first-order valence-electron chi connectivity index (χ1n) is 7.92. The van der Waals surface area contributed by atoms with Crippen molar-refractivity contribution in [2.24, 2.45) is 0 Å². The van der Waals surface area contributed by atoms with Crippen molar-refractivity contribution in [1.82, 2.24) is 10.2 Å². The van der Waals surface area contributed by atoms with E-state index in [1.165, 1.54) is 0 Å². The van der Waals surface area contributed by atoms with Gasteiger partial charge in [-0.05, 0) is 35.9 Å². The molecule has 26 heavy (non-hydrogen) atoms. The maximum Gasteiger partial charge on any atom is 0.341 e. The number of nitrogens with one attached hydrogen (secondary N) is 2. The van der Waals surface area contributed by atoms with E-state index in [2.05, 4.69) is 15.5 Å². The second kappa shape index (κ2) is 6.34. The van der Waals surface area contributed by atoms with Crippen LogP contribution in [0.2, 0.25) is 5.02 Å². The van der Waals surface area contributed by atoms with Crippen LogP contribution in [0.15, 0.2) is 36.5 Å². The maximum absolute atomic E-state index is 12.2. The number of anilines is 1. The van der Waals surface area contributed by atoms with Crippen molar-refractivity contribution in [2.45, 2.75) is 12.3 Å². The van der Waals surface area contributed by atoms with E-state index in [0.717, 1.165) is 16.5 Å². The molecule has 1 atom stereocenters. The Balaban J connectivity index is 1.84. The topological polar surface area (TPSA) is 104 Å². The molecule has 0 aliphatic carbocycles. The van der Waals surface area contributed by atoms with Crippen LogP contribution in [0.3, 0.4) is 0 Å². The first-order valence-corrected chi connectivity index (χ1v) is 8.30. The Morgan fingerprint density at radius 2 is 2.15 bits per heavy atom. The third-order valence-electron chi connectivity index (χ3n) is 4.35. The number of carbonyl (C=O) groups excluding carboxylic acids is 1. The number of aliphatic carboxylic acids is 1. The van der Waals surface area contributed by atoms with Crippen LogP contribution in [0.25, 0.3) is 10.9 Å². The van der Waals surface area contributed by atoms with Crippen molar-refractivity contribution < 1.29 is 19.4 Å². The smallest absolute Gasteiger partial charge is 0.341 e. The molecule has 2 aromatic carbocycles. The van der Waals surface area contributed by atoms with Gasteiger partial charge in [0.2, 0.25) is 5.91 Å². The zero-order valence-electron chi connectivity index (χ0n) is 13.5. The fourth-order valence-corrected chi connectivity index (χ4v) is 3.42. The highest BCUT2D eigenvalue weighted by Gasteiger charge is 2.29. The van der Waals surface area contributed by atoms with Crippen LogP contribution in [0, 0.1) is 0 Å². The van der Waals surface area contributed by atoms with Gasteiger partial charge in [0.15, 0.2) is 6.61 Å². The van der Waals surface area contributed by atoms with E-state index in [0.29, 0.717) is 22.0 Å². The number of benzene rings is 2. The number of aromatic nitrogens is 2. The maximum atomic E-state index is 12.2. The van der Waals surface area contributed by atoms with Gasteiger partial charge in [-0.3, -0.25) is 9.89 Å². The van der Waals surface area contributed by atoms with Crippen molar-refractivity contribution in [3.05, 3.63) is 52.7 Å². The predicted octanol–water partition coefficient (Wildman–Crippen LogP) is 3.15. The highest BCUT2D eigenvalue weighted by Crippen LogP contribution is 2.42. The van der Waals surface area contributed by atoms with Gasteiger partial charge in [-0.15, -0.1) is 0 Å². The number of halogens is 1. The van der Waals surface area contributed by atoms with Gasteiger partial charge in [-0.2, -0.15) is 5.10 Å². The number of carbonyl (C=O) groups is 2. The van der Waals surface area contributed by atoms with Crippen molar-refractivity contribution >= 4 is 40.1 Å². The van der Waals surface area contributed by atoms with Crippen LogP contribution in [0.4, 0.5) is 5.69 Å². The zero-order valence-corrected chi connectivity index (χ0v) is 14.2. The number of rotatable bonds is 4. The normalized spacial score (nSPS) is 16.2. The molecule has 0 fully saturated rings. The number of nitrogens with zero attached hydrogens (tertiary/aromatic N) is 1. The molecule has 3 N–H and O–H groups in total. The summed E-state index contributed by atoms with van der Waals surface area (Å²) in [5.41, 5.74) is 3.09. The first kappa shape index (κ1) is 16.4. The second-order valence-electron chi connectivity index (χ2n) is 6.07. The minimum absolute atomic E-state index is 0.134. The molecule has 0 bridgehead atoms. The molecule has 0 radical (unpaired) electrons. The van der Waals surface area contributed by atoms with Crippen LogP contribution >= 0.6 is 11.6 Å². The van der Waals surface area contributed by atoms with Gasteiger partial charge in [-0.1, -0.05) is 11.6 Å². The van der Waals surface area contributed by atoms with E-state index in [1.807, 2.05) is 12.1 Å². The Labute approximate surface area is 152 Å². The van der Waals surface area contributed by atoms with E-state index >= 15 is 0 Å². The summed E-state index contributed by atoms with van der Waals surface area (Å²) in [5, 5.41) is 20.1. The lowest BCUT2D eigenvalue weighted by Gasteiger charge is -2.27. The molecule has 1 aromatic heterocycles. The average molecular weight is 372 g/mol. The number of hydrogen-bond donors (Lipinski definition) is 3. The van der Waals surface area contributed by atoms with Gasteiger partial charge in [0.25, 0.3) is 0 Å². The Morgan fingerprint density at radius 3 is 2.96 bits per heavy atom.